The number of carbonyl (C=O) groups is 2. The van der Waals surface area contributed by atoms with Crippen LogP contribution < -0.4 is 5.32 Å². The highest BCUT2D eigenvalue weighted by Gasteiger charge is 2.40. The lowest BCUT2D eigenvalue weighted by Crippen LogP contribution is -2.44. The van der Waals surface area contributed by atoms with Gasteiger partial charge in [-0.2, -0.15) is 13.2 Å². The minimum atomic E-state index is -5.08. The molecule has 186 valence electrons. The first-order valence-corrected chi connectivity index (χ1v) is 12.2. The fraction of sp³-hybridized carbons (Fsp3) is 0.636. The van der Waals surface area contributed by atoms with Crippen LogP contribution in [-0.4, -0.2) is 62.0 Å². The molecule has 8 nitrogen and oxygen atoms in total. The lowest BCUT2D eigenvalue weighted by molar-refractivity contribution is -0.192. The highest BCUT2D eigenvalue weighted by Crippen LogP contribution is 2.41. The van der Waals surface area contributed by atoms with Gasteiger partial charge in [-0.15, -0.1) is 21.5 Å². The standard InChI is InChI=1S/C20H27N5OS.C2HF3O2/c1-14-5-11-27-16(14)12-24-9-7-20(8-10-24)6-4-17-22-23-18(25(17)13-20)19(26)21-15-2-3-15;3-2(4,5)1(6)7/h5,11,15H,2-4,6-10,12-13H2,1H3,(H,21,26);(H,6,7). The number of carboxylic acid groups (broad SMARTS) is 1. The molecule has 2 aliphatic heterocycles. The lowest BCUT2D eigenvalue weighted by atomic mass is 9.73. The summed E-state index contributed by atoms with van der Waals surface area (Å²) in [7, 11) is 0. The Kier molecular flexibility index (Phi) is 6.99. The van der Waals surface area contributed by atoms with Crippen LogP contribution in [0.3, 0.4) is 0 Å². The third kappa shape index (κ3) is 5.77. The molecule has 0 atom stereocenters. The van der Waals surface area contributed by atoms with Gasteiger partial charge in [0.2, 0.25) is 5.82 Å². The number of halogens is 3. The zero-order chi connectivity index (χ0) is 24.5. The number of fused-ring (bicyclic) bond motifs is 1. The SMILES string of the molecule is Cc1ccsc1CN1CCC2(CCc3nnc(C(=O)NC4CC4)n3C2)CC1.O=C(O)C(F)(F)F. The molecule has 0 unspecified atom stereocenters. The largest absolute Gasteiger partial charge is 0.490 e. The van der Waals surface area contributed by atoms with Gasteiger partial charge >= 0.3 is 12.1 Å². The summed E-state index contributed by atoms with van der Waals surface area (Å²) in [5, 5.41) is 20.9. The molecular formula is C22H28F3N5O3S. The number of carbonyl (C=O) groups excluding carboxylic acids is 1. The number of rotatable bonds is 4. The normalized spacial score (nSPS) is 19.8. The second-order valence-electron chi connectivity index (χ2n) is 9.38. The molecule has 1 aliphatic carbocycles. The highest BCUT2D eigenvalue weighted by molar-refractivity contribution is 7.10. The maximum Gasteiger partial charge on any atom is 0.490 e. The molecule has 12 heteroatoms. The summed E-state index contributed by atoms with van der Waals surface area (Å²) < 4.78 is 33.8. The summed E-state index contributed by atoms with van der Waals surface area (Å²) >= 11 is 1.87. The maximum absolute atomic E-state index is 12.5. The van der Waals surface area contributed by atoms with Crippen molar-refractivity contribution >= 4 is 23.2 Å². The van der Waals surface area contributed by atoms with Crippen molar-refractivity contribution in [1.29, 1.82) is 0 Å². The van der Waals surface area contributed by atoms with Crippen molar-refractivity contribution in [2.45, 2.75) is 70.8 Å². The van der Waals surface area contributed by atoms with Gasteiger partial charge < -0.3 is 15.0 Å². The third-order valence-corrected chi connectivity index (χ3v) is 7.82. The van der Waals surface area contributed by atoms with Crippen LogP contribution in [0.25, 0.3) is 0 Å². The zero-order valence-electron chi connectivity index (χ0n) is 18.9. The summed E-state index contributed by atoms with van der Waals surface area (Å²) in [5.74, 6) is -1.29. The van der Waals surface area contributed by atoms with Crippen molar-refractivity contribution < 1.29 is 27.9 Å². The zero-order valence-corrected chi connectivity index (χ0v) is 19.7. The Morgan fingerprint density at radius 2 is 1.91 bits per heavy atom. The van der Waals surface area contributed by atoms with E-state index in [1.165, 1.54) is 29.7 Å². The molecule has 1 amide bonds. The van der Waals surface area contributed by atoms with Crippen molar-refractivity contribution in [1.82, 2.24) is 25.0 Å². The van der Waals surface area contributed by atoms with Gasteiger partial charge in [-0.25, -0.2) is 4.79 Å². The van der Waals surface area contributed by atoms with E-state index in [2.05, 4.69) is 43.4 Å². The number of hydrogen-bond donors (Lipinski definition) is 2. The Balaban J connectivity index is 0.000000344. The molecule has 0 radical (unpaired) electrons. The van der Waals surface area contributed by atoms with E-state index >= 15 is 0 Å². The number of aromatic nitrogens is 3. The van der Waals surface area contributed by atoms with E-state index in [0.717, 1.165) is 51.3 Å². The molecule has 4 heterocycles. The smallest absolute Gasteiger partial charge is 0.475 e. The summed E-state index contributed by atoms with van der Waals surface area (Å²) in [6.07, 6.45) is 1.60. The molecule has 3 aliphatic rings. The number of nitrogens with one attached hydrogen (secondary N) is 1. The van der Waals surface area contributed by atoms with Crippen LogP contribution in [0, 0.1) is 12.3 Å². The number of carboxylic acids is 1. The van der Waals surface area contributed by atoms with E-state index in [9.17, 15) is 18.0 Å². The van der Waals surface area contributed by atoms with Gasteiger partial charge in [-0.3, -0.25) is 9.69 Å². The van der Waals surface area contributed by atoms with E-state index < -0.39 is 12.1 Å². The number of piperidine rings is 1. The molecule has 0 bridgehead atoms. The molecule has 1 saturated heterocycles. The first-order valence-electron chi connectivity index (χ1n) is 11.3. The second kappa shape index (κ2) is 9.65. The number of aryl methyl sites for hydroxylation is 2. The molecule has 1 saturated carbocycles. The number of hydrogen-bond acceptors (Lipinski definition) is 6. The molecule has 2 N–H and O–H groups in total. The Morgan fingerprint density at radius 3 is 2.47 bits per heavy atom. The number of alkyl halides is 3. The van der Waals surface area contributed by atoms with Crippen molar-refractivity contribution in [3.63, 3.8) is 0 Å². The first kappa shape index (κ1) is 24.6. The number of likely N-dealkylation sites (tertiary alicyclic amines) is 1. The van der Waals surface area contributed by atoms with Crippen molar-refractivity contribution in [3.8, 4) is 0 Å². The Labute approximate surface area is 199 Å². The molecule has 2 fully saturated rings. The van der Waals surface area contributed by atoms with E-state index in [0.29, 0.717) is 17.3 Å². The Hall–Kier alpha value is -2.47. The average molecular weight is 500 g/mol. The number of nitrogens with zero attached hydrogens (tertiary/aromatic N) is 4. The summed E-state index contributed by atoms with van der Waals surface area (Å²) in [5.41, 5.74) is 1.71. The van der Waals surface area contributed by atoms with Gasteiger partial charge in [0.05, 0.1) is 0 Å². The fourth-order valence-corrected chi connectivity index (χ4v) is 5.43. The first-order chi connectivity index (χ1) is 16.1. The van der Waals surface area contributed by atoms with Gasteiger partial charge in [0, 0.05) is 30.4 Å². The van der Waals surface area contributed by atoms with Gasteiger partial charge in [0.15, 0.2) is 0 Å². The number of thiophene rings is 1. The van der Waals surface area contributed by atoms with E-state index in [-0.39, 0.29) is 5.91 Å². The van der Waals surface area contributed by atoms with Crippen LogP contribution >= 0.6 is 11.3 Å². The van der Waals surface area contributed by atoms with Crippen molar-refractivity contribution in [2.75, 3.05) is 13.1 Å². The number of aliphatic carboxylic acids is 1. The molecule has 2 aromatic rings. The minimum Gasteiger partial charge on any atom is -0.475 e. The quantitative estimate of drug-likeness (QED) is 0.669. The molecule has 1 spiro atoms. The van der Waals surface area contributed by atoms with Gasteiger partial charge in [0.25, 0.3) is 5.91 Å². The van der Waals surface area contributed by atoms with Crippen LogP contribution in [0.4, 0.5) is 13.2 Å². The Bertz CT molecular complexity index is 1040. The molecular weight excluding hydrogens is 471 g/mol. The average Bonchev–Trinajstić information content (AvgIpc) is 3.35. The molecule has 34 heavy (non-hydrogen) atoms. The van der Waals surface area contributed by atoms with E-state index in [1.807, 2.05) is 11.3 Å². The van der Waals surface area contributed by atoms with Crippen molar-refractivity contribution in [3.05, 3.63) is 33.5 Å². The van der Waals surface area contributed by atoms with Crippen LogP contribution in [-0.2, 0) is 24.3 Å². The predicted octanol–water partition coefficient (Wildman–Crippen LogP) is 3.40. The van der Waals surface area contributed by atoms with Crippen LogP contribution in [0.5, 0.6) is 0 Å². The van der Waals surface area contributed by atoms with Crippen LogP contribution in [0.15, 0.2) is 11.4 Å². The van der Waals surface area contributed by atoms with E-state index in [1.54, 1.807) is 0 Å². The van der Waals surface area contributed by atoms with E-state index in [4.69, 9.17) is 9.90 Å². The summed E-state index contributed by atoms with van der Waals surface area (Å²) in [6, 6.07) is 2.57. The highest BCUT2D eigenvalue weighted by atomic mass is 32.1. The van der Waals surface area contributed by atoms with Crippen LogP contribution in [0.2, 0.25) is 0 Å². The van der Waals surface area contributed by atoms with Crippen molar-refractivity contribution in [2.24, 2.45) is 5.41 Å². The fourth-order valence-electron chi connectivity index (χ4n) is 4.49. The van der Waals surface area contributed by atoms with Gasteiger partial charge in [-0.1, -0.05) is 0 Å². The van der Waals surface area contributed by atoms with Crippen LogP contribution in [0.1, 0.15) is 59.0 Å². The minimum absolute atomic E-state index is 0.0427. The Morgan fingerprint density at radius 1 is 1.24 bits per heavy atom. The monoisotopic (exact) mass is 499 g/mol. The molecule has 0 aromatic carbocycles. The molecule has 2 aromatic heterocycles. The van der Waals surface area contributed by atoms with Gasteiger partial charge in [-0.05, 0) is 74.5 Å². The third-order valence-electron chi connectivity index (χ3n) is 6.81. The number of amides is 1. The summed E-state index contributed by atoms with van der Waals surface area (Å²) in [6.45, 7) is 6.46. The summed E-state index contributed by atoms with van der Waals surface area (Å²) in [4.78, 5) is 25.5. The lowest BCUT2D eigenvalue weighted by Gasteiger charge is -2.44. The topological polar surface area (TPSA) is 100 Å². The maximum atomic E-state index is 12.5. The van der Waals surface area contributed by atoms with Gasteiger partial charge in [0.1, 0.15) is 5.82 Å². The second-order valence-corrected chi connectivity index (χ2v) is 10.4. The predicted molar refractivity (Wildman–Crippen MR) is 119 cm³/mol. The molecule has 5 rings (SSSR count).